The maximum atomic E-state index is 12.1. The Kier molecular flexibility index (Phi) is 5.75. The summed E-state index contributed by atoms with van der Waals surface area (Å²) < 4.78 is 7.75. The van der Waals surface area contributed by atoms with Crippen molar-refractivity contribution in [3.8, 4) is 0 Å². The van der Waals surface area contributed by atoms with Crippen LogP contribution in [0.15, 0.2) is 43.0 Å². The molecular formula is C18H24N2O2. The van der Waals surface area contributed by atoms with Crippen LogP contribution < -0.4 is 0 Å². The molecule has 2 unspecified atom stereocenters. The summed E-state index contributed by atoms with van der Waals surface area (Å²) in [6, 6.07) is 8.14. The number of nitrogens with zero attached hydrogens (tertiary/aromatic N) is 2. The molecule has 1 aromatic heterocycles. The minimum Gasteiger partial charge on any atom is -0.455 e. The first-order valence-electron chi connectivity index (χ1n) is 7.85. The normalized spacial score (nSPS) is 13.6. The number of benzene rings is 1. The van der Waals surface area contributed by atoms with Crippen LogP contribution in [0.5, 0.6) is 0 Å². The number of carbonyl (C=O) groups excluding carboxylic acids is 1. The van der Waals surface area contributed by atoms with Gasteiger partial charge in [0.15, 0.2) is 0 Å². The molecule has 0 aliphatic rings. The van der Waals surface area contributed by atoms with Crippen molar-refractivity contribution < 1.29 is 9.53 Å². The molecule has 22 heavy (non-hydrogen) atoms. The molecule has 0 saturated heterocycles. The summed E-state index contributed by atoms with van der Waals surface area (Å²) in [6.07, 6.45) is 7.40. The van der Waals surface area contributed by atoms with E-state index in [-0.39, 0.29) is 18.1 Å². The summed E-state index contributed by atoms with van der Waals surface area (Å²) in [5.74, 6) is -0.139. The molecule has 4 heteroatoms. The molecule has 2 atom stereocenters. The molecule has 1 heterocycles. The van der Waals surface area contributed by atoms with Crippen LogP contribution in [0.1, 0.15) is 56.4 Å². The minimum absolute atomic E-state index is 0.00390. The molecule has 0 bridgehead atoms. The number of rotatable bonds is 7. The van der Waals surface area contributed by atoms with E-state index >= 15 is 0 Å². The number of esters is 1. The smallest absolute Gasteiger partial charge is 0.306 e. The van der Waals surface area contributed by atoms with Gasteiger partial charge in [0.25, 0.3) is 0 Å². The van der Waals surface area contributed by atoms with E-state index in [9.17, 15) is 4.79 Å². The summed E-state index contributed by atoms with van der Waals surface area (Å²) >= 11 is 0. The monoisotopic (exact) mass is 300 g/mol. The number of unbranched alkanes of at least 4 members (excludes halogenated alkanes) is 1. The molecule has 0 aliphatic heterocycles. The van der Waals surface area contributed by atoms with Crippen LogP contribution >= 0.6 is 0 Å². The van der Waals surface area contributed by atoms with E-state index in [1.807, 2.05) is 48.9 Å². The van der Waals surface area contributed by atoms with Crippen LogP contribution in [0, 0.1) is 6.92 Å². The number of hydrogen-bond donors (Lipinski definition) is 0. The Morgan fingerprint density at radius 3 is 2.64 bits per heavy atom. The Labute approximate surface area is 132 Å². The van der Waals surface area contributed by atoms with Crippen molar-refractivity contribution in [3.05, 3.63) is 54.1 Å². The second-order valence-corrected chi connectivity index (χ2v) is 5.68. The van der Waals surface area contributed by atoms with Crippen molar-refractivity contribution in [1.82, 2.24) is 9.55 Å². The van der Waals surface area contributed by atoms with Crippen LogP contribution in [0.4, 0.5) is 0 Å². The maximum absolute atomic E-state index is 12.1. The molecule has 118 valence electrons. The fourth-order valence-corrected chi connectivity index (χ4v) is 2.39. The molecule has 0 aliphatic carbocycles. The van der Waals surface area contributed by atoms with Crippen LogP contribution in [0.2, 0.25) is 0 Å². The zero-order valence-corrected chi connectivity index (χ0v) is 13.5. The van der Waals surface area contributed by atoms with Crippen LogP contribution in [-0.4, -0.2) is 15.5 Å². The van der Waals surface area contributed by atoms with Crippen molar-refractivity contribution in [2.75, 3.05) is 0 Å². The van der Waals surface area contributed by atoms with Gasteiger partial charge in [-0.25, -0.2) is 4.98 Å². The van der Waals surface area contributed by atoms with E-state index in [4.69, 9.17) is 4.74 Å². The van der Waals surface area contributed by atoms with E-state index in [1.165, 1.54) is 5.56 Å². The van der Waals surface area contributed by atoms with Gasteiger partial charge in [-0.2, -0.15) is 0 Å². The SMILES string of the molecule is CCCCC(=O)OC(c1ccc(C)cc1)C(C)n1ccnc1. The highest BCUT2D eigenvalue weighted by molar-refractivity contribution is 5.69. The standard InChI is InChI=1S/C18H24N2O2/c1-4-5-6-17(21)22-18(15(3)20-12-11-19-13-20)16-9-7-14(2)8-10-16/h7-13,15,18H,4-6H2,1-3H3. The lowest BCUT2D eigenvalue weighted by Gasteiger charge is -2.25. The van der Waals surface area contributed by atoms with Gasteiger partial charge in [0, 0.05) is 18.8 Å². The van der Waals surface area contributed by atoms with Crippen molar-refractivity contribution >= 4 is 5.97 Å². The molecule has 4 nitrogen and oxygen atoms in total. The van der Waals surface area contributed by atoms with Gasteiger partial charge in [0.05, 0.1) is 12.4 Å². The van der Waals surface area contributed by atoms with Crippen LogP contribution in [0.25, 0.3) is 0 Å². The summed E-state index contributed by atoms with van der Waals surface area (Å²) in [7, 11) is 0. The number of ether oxygens (including phenoxy) is 1. The summed E-state index contributed by atoms with van der Waals surface area (Å²) in [5.41, 5.74) is 2.20. The first-order chi connectivity index (χ1) is 10.6. The third-order valence-corrected chi connectivity index (χ3v) is 3.83. The lowest BCUT2D eigenvalue weighted by molar-refractivity contribution is -0.151. The van der Waals surface area contributed by atoms with Gasteiger partial charge in [-0.3, -0.25) is 4.79 Å². The van der Waals surface area contributed by atoms with Gasteiger partial charge in [-0.1, -0.05) is 43.2 Å². The average molecular weight is 300 g/mol. The Bertz CT molecular complexity index is 576. The molecule has 2 aromatic rings. The molecule has 1 aromatic carbocycles. The highest BCUT2D eigenvalue weighted by Crippen LogP contribution is 2.30. The number of aryl methyl sites for hydroxylation is 1. The Morgan fingerprint density at radius 1 is 1.32 bits per heavy atom. The largest absolute Gasteiger partial charge is 0.455 e. The van der Waals surface area contributed by atoms with E-state index in [0.717, 1.165) is 18.4 Å². The Hall–Kier alpha value is -2.10. The lowest BCUT2D eigenvalue weighted by Crippen LogP contribution is -2.20. The number of imidazole rings is 1. The minimum atomic E-state index is -0.306. The summed E-state index contributed by atoms with van der Waals surface area (Å²) in [4.78, 5) is 16.2. The summed E-state index contributed by atoms with van der Waals surface area (Å²) in [6.45, 7) is 6.16. The second kappa shape index (κ2) is 7.78. The van der Waals surface area contributed by atoms with Crippen molar-refractivity contribution in [3.63, 3.8) is 0 Å². The summed E-state index contributed by atoms with van der Waals surface area (Å²) in [5, 5.41) is 0. The quantitative estimate of drug-likeness (QED) is 0.719. The second-order valence-electron chi connectivity index (χ2n) is 5.68. The van der Waals surface area contributed by atoms with Gasteiger partial charge in [-0.15, -0.1) is 0 Å². The lowest BCUT2D eigenvalue weighted by atomic mass is 10.0. The molecule has 0 fully saturated rings. The van der Waals surface area contributed by atoms with E-state index in [2.05, 4.69) is 11.9 Å². The molecule has 0 saturated carbocycles. The topological polar surface area (TPSA) is 44.1 Å². The Balaban J connectivity index is 2.20. The van der Waals surface area contributed by atoms with Gasteiger partial charge >= 0.3 is 5.97 Å². The molecule has 0 amide bonds. The maximum Gasteiger partial charge on any atom is 0.306 e. The van der Waals surface area contributed by atoms with Crippen LogP contribution in [0.3, 0.4) is 0 Å². The van der Waals surface area contributed by atoms with Gasteiger partial charge in [-0.05, 0) is 25.8 Å². The predicted octanol–water partition coefficient (Wildman–Crippen LogP) is 4.23. The number of carbonyl (C=O) groups is 1. The van der Waals surface area contributed by atoms with E-state index < -0.39 is 0 Å². The molecule has 0 N–H and O–H groups in total. The average Bonchev–Trinajstić information content (AvgIpc) is 3.05. The van der Waals surface area contributed by atoms with Gasteiger partial charge in [0.2, 0.25) is 0 Å². The van der Waals surface area contributed by atoms with E-state index in [0.29, 0.717) is 6.42 Å². The third kappa shape index (κ3) is 4.20. The molecular weight excluding hydrogens is 276 g/mol. The first-order valence-corrected chi connectivity index (χ1v) is 7.85. The van der Waals surface area contributed by atoms with Gasteiger partial charge < -0.3 is 9.30 Å². The molecule has 0 spiro atoms. The van der Waals surface area contributed by atoms with Crippen molar-refractivity contribution in [2.24, 2.45) is 0 Å². The third-order valence-electron chi connectivity index (χ3n) is 3.83. The fraction of sp³-hybridized carbons (Fsp3) is 0.444. The first kappa shape index (κ1) is 16.3. The van der Waals surface area contributed by atoms with Crippen molar-refractivity contribution in [1.29, 1.82) is 0 Å². The molecule has 2 rings (SSSR count). The Morgan fingerprint density at radius 2 is 2.05 bits per heavy atom. The number of hydrogen-bond acceptors (Lipinski definition) is 3. The van der Waals surface area contributed by atoms with Gasteiger partial charge in [0.1, 0.15) is 6.10 Å². The van der Waals surface area contributed by atoms with Crippen LogP contribution in [-0.2, 0) is 9.53 Å². The fourth-order valence-electron chi connectivity index (χ4n) is 2.39. The van der Waals surface area contributed by atoms with E-state index in [1.54, 1.807) is 12.5 Å². The molecule has 0 radical (unpaired) electrons. The zero-order valence-electron chi connectivity index (χ0n) is 13.5. The zero-order chi connectivity index (χ0) is 15.9. The highest BCUT2D eigenvalue weighted by Gasteiger charge is 2.24. The highest BCUT2D eigenvalue weighted by atomic mass is 16.5. The number of aromatic nitrogens is 2. The predicted molar refractivity (Wildman–Crippen MR) is 86.5 cm³/mol. The van der Waals surface area contributed by atoms with Crippen molar-refractivity contribution in [2.45, 2.75) is 52.2 Å².